The molecule has 0 fully saturated rings. The summed E-state index contributed by atoms with van der Waals surface area (Å²) >= 11 is 9.22. The van der Waals surface area contributed by atoms with Crippen LogP contribution in [0.25, 0.3) is 142 Å². The van der Waals surface area contributed by atoms with Gasteiger partial charge < -0.3 is 39.1 Å². The van der Waals surface area contributed by atoms with Crippen LogP contribution in [0.15, 0.2) is 494 Å². The Labute approximate surface area is 851 Å². The van der Waals surface area contributed by atoms with Gasteiger partial charge in [0.1, 0.15) is 0 Å². The summed E-state index contributed by atoms with van der Waals surface area (Å²) in [6.45, 7) is 14.7. The average molecular weight is 2050 g/mol. The highest BCUT2D eigenvalue weighted by Crippen LogP contribution is 2.45. The highest BCUT2D eigenvalue weighted by Gasteiger charge is 2.23. The fraction of sp³-hybridized carbons (Fsp3) is 0.00800. The van der Waals surface area contributed by atoms with E-state index in [9.17, 15) is 5.26 Å². The molecule has 24 rings (SSSR count). The quantitative estimate of drug-likeness (QED) is 0.0484. The number of halogens is 3. The molecule has 0 saturated carbocycles. The monoisotopic (exact) mass is 2050 g/mol. The molecule has 24 aromatic rings. The first-order valence-corrected chi connectivity index (χ1v) is 47.9. The second kappa shape index (κ2) is 42.8. The van der Waals surface area contributed by atoms with E-state index in [0.717, 1.165) is 115 Å². The molecule has 0 spiro atoms. The number of nitrogens with two attached hydrogens (primary N) is 1. The smallest absolute Gasteiger partial charge is 0.187 e. The molecule has 0 aliphatic carbocycles. The van der Waals surface area contributed by atoms with Gasteiger partial charge in [-0.2, -0.15) is 10.5 Å². The lowest BCUT2D eigenvalue weighted by Gasteiger charge is -2.26. The second-order valence-electron chi connectivity index (χ2n) is 33.1. The van der Waals surface area contributed by atoms with E-state index in [2.05, 4.69) is 480 Å². The van der Waals surface area contributed by atoms with Crippen LogP contribution in [0.3, 0.4) is 0 Å². The minimum atomic E-state index is 0. The minimum absolute atomic E-state index is 0. The Balaban J connectivity index is 0.000000145. The molecule has 0 atom stereocenters. The fourth-order valence-corrected chi connectivity index (χ4v) is 19.1. The lowest BCUT2D eigenvalue weighted by Crippen LogP contribution is -2.10. The van der Waals surface area contributed by atoms with Crippen molar-refractivity contribution in [3.63, 3.8) is 0 Å². The van der Waals surface area contributed by atoms with Crippen molar-refractivity contribution >= 4 is 213 Å². The van der Waals surface area contributed by atoms with Crippen LogP contribution in [0.1, 0.15) is 18.6 Å². The van der Waals surface area contributed by atoms with Crippen molar-refractivity contribution < 1.29 is 0 Å². The van der Waals surface area contributed by atoms with Gasteiger partial charge in [0.25, 0.3) is 0 Å². The molecule has 4 aromatic heterocycles. The summed E-state index contributed by atoms with van der Waals surface area (Å²) in [6, 6.07) is 171. The summed E-state index contributed by atoms with van der Waals surface area (Å²) in [5.74, 6) is 0. The van der Waals surface area contributed by atoms with Gasteiger partial charge in [-0.15, -0.1) is 0 Å². The van der Waals surface area contributed by atoms with Gasteiger partial charge in [0.15, 0.2) is 11.4 Å². The first-order chi connectivity index (χ1) is 68.4. The minimum Gasteiger partial charge on any atom is -0.399 e. The zero-order valence-corrected chi connectivity index (χ0v) is 80.8. The number of benzene rings is 20. The van der Waals surface area contributed by atoms with E-state index in [1.54, 1.807) is 24.3 Å². The standard InChI is InChI=1S/C62H40N6.C25H17N3.C18H12IN.C12H8Br2.C7H6N2.CH4.B/c1-64-46-26-34-52(35-27-46)66(54-37-39-62-58(41-54)56-17-9-11-19-60(56)68(62)48-14-6-3-7-15-48)51-32-24-45(25-33-51)44-22-30-50(31-23-44)65(49-28-20-43(42-63)21-29-49)53-36-38-61-57(40-53)55-16-8-10-18-59(55)67(61)47-12-4-2-5-13-47;1-26-18-11-13-19(14-12-18)27-20-15-16-25-23(17-20)22-9-5-6-10-24(22)28(25)21-7-3-2-4-8-21;19-13-10-11-18-16(12-13)15-8-4-5-9-17(15)20(18)14-6-2-1-3-7-14;13-11-5-1-9(2-6-11)10-3-7-12(14)8-4-10;8-5-6-1-3-7(9)4-2-6;;/h2-41H;2-17,27H;1-12H;1-8H;1-4H,9H2;1H4;. The van der Waals surface area contributed by atoms with E-state index in [1.165, 1.54) is 74.8 Å². The Morgan fingerprint density at radius 3 is 0.865 bits per heavy atom. The second-order valence-corrected chi connectivity index (χ2v) is 36.2. The number of aromatic nitrogens is 4. The number of rotatable bonds is 14. The largest absolute Gasteiger partial charge is 0.399 e. The maximum atomic E-state index is 9.67. The third-order valence-electron chi connectivity index (χ3n) is 24.6. The Bertz CT molecular complexity index is 8450. The van der Waals surface area contributed by atoms with E-state index in [0.29, 0.717) is 28.2 Å². The SMILES string of the molecule is Brc1ccc(-c2ccc(Br)cc2)cc1.C.Ic1ccc2c(c1)c1ccccc1n2-c1ccccc1.N#Cc1ccc(N)cc1.[B].[C-]#[N+]c1ccc(N(c2ccc(-c3ccc(N(c4ccc(C#N)cc4)c4ccc5c(c4)c4ccccc4n5-c4ccccc4)cc3)cc2)c2ccc3c(c2)c2ccccc2n3-c2ccccc2)cc1.[C-]#[N+]c1ccc(Nc2ccc3c(c2)c2ccccc2n3-c2ccccc2)cc1. The van der Waals surface area contributed by atoms with Gasteiger partial charge in [0.05, 0.1) is 80.5 Å². The topological polar surface area (TPSA) is 121 Å². The summed E-state index contributed by atoms with van der Waals surface area (Å²) in [5, 5.41) is 31.2. The van der Waals surface area contributed by atoms with Crippen molar-refractivity contribution in [2.75, 3.05) is 20.9 Å². The van der Waals surface area contributed by atoms with E-state index in [1.807, 2.05) is 91.0 Å². The predicted octanol–water partition coefficient (Wildman–Crippen LogP) is 35.7. The first kappa shape index (κ1) is 93.9. The Morgan fingerprint density at radius 2 is 0.525 bits per heavy atom. The predicted molar refractivity (Wildman–Crippen MR) is 606 cm³/mol. The molecule has 0 aliphatic heterocycles. The maximum absolute atomic E-state index is 9.67. The molecule has 3 radical (unpaired) electrons. The molecule has 0 saturated heterocycles. The van der Waals surface area contributed by atoms with Crippen LogP contribution in [0.5, 0.6) is 0 Å². The number of hydrogen-bond acceptors (Lipinski definition) is 6. The van der Waals surface area contributed by atoms with Crippen molar-refractivity contribution in [2.45, 2.75) is 7.43 Å². The van der Waals surface area contributed by atoms with Crippen molar-refractivity contribution in [3.8, 4) is 57.1 Å². The van der Waals surface area contributed by atoms with E-state index in [-0.39, 0.29) is 15.8 Å². The number of fused-ring (bicyclic) bond motifs is 12. The Kier molecular flexibility index (Phi) is 28.5. The first-order valence-electron chi connectivity index (χ1n) is 45.2. The number of nitrogens with zero attached hydrogens (tertiary/aromatic N) is 10. The van der Waals surface area contributed by atoms with Gasteiger partial charge in [-0.1, -0.05) is 258 Å². The number of para-hydroxylation sites is 8. The summed E-state index contributed by atoms with van der Waals surface area (Å²) in [4.78, 5) is 11.6. The van der Waals surface area contributed by atoms with Crippen molar-refractivity contribution in [1.82, 2.24) is 18.3 Å². The lowest BCUT2D eigenvalue weighted by molar-refractivity contribution is 1.18. The van der Waals surface area contributed by atoms with Gasteiger partial charge in [-0.25, -0.2) is 9.69 Å². The van der Waals surface area contributed by atoms with E-state index >= 15 is 0 Å². The Morgan fingerprint density at radius 1 is 0.270 bits per heavy atom. The van der Waals surface area contributed by atoms with Gasteiger partial charge in [0.2, 0.25) is 0 Å². The van der Waals surface area contributed by atoms with Crippen molar-refractivity contribution in [1.29, 1.82) is 10.5 Å². The molecule has 16 heteroatoms. The number of anilines is 9. The van der Waals surface area contributed by atoms with Crippen LogP contribution < -0.4 is 20.9 Å². The summed E-state index contributed by atoms with van der Waals surface area (Å²) < 4.78 is 12.8. The maximum Gasteiger partial charge on any atom is 0.187 e. The van der Waals surface area contributed by atoms with Crippen LogP contribution in [0.2, 0.25) is 0 Å². The molecular formula is C125H87BBr2IN12. The molecular weight excluding hydrogens is 1970 g/mol. The fourth-order valence-electron chi connectivity index (χ4n) is 18.1. The summed E-state index contributed by atoms with van der Waals surface area (Å²) in [7, 11) is 0. The molecule has 0 bridgehead atoms. The molecule has 671 valence electrons. The van der Waals surface area contributed by atoms with Crippen LogP contribution in [-0.4, -0.2) is 26.7 Å². The van der Waals surface area contributed by atoms with Gasteiger partial charge in [-0.3, -0.25) is 0 Å². The number of nitrogens with one attached hydrogen (secondary N) is 1. The van der Waals surface area contributed by atoms with E-state index < -0.39 is 0 Å². The van der Waals surface area contributed by atoms with Crippen LogP contribution in [0.4, 0.5) is 62.6 Å². The van der Waals surface area contributed by atoms with Gasteiger partial charge in [-0.05, 0) is 312 Å². The molecule has 0 unspecified atom stereocenters. The van der Waals surface area contributed by atoms with Gasteiger partial charge >= 0.3 is 0 Å². The normalized spacial score (nSPS) is 10.7. The highest BCUT2D eigenvalue weighted by atomic mass is 127. The summed E-state index contributed by atoms with van der Waals surface area (Å²) in [5.41, 5.74) is 35.3. The van der Waals surface area contributed by atoms with Crippen molar-refractivity contribution in [2.24, 2.45) is 0 Å². The van der Waals surface area contributed by atoms with Crippen LogP contribution >= 0.6 is 54.5 Å². The lowest BCUT2D eigenvalue weighted by atomic mass is 10.0. The zero-order valence-electron chi connectivity index (χ0n) is 75.4. The average Bonchev–Trinajstić information content (AvgIpc) is 1.58. The Hall–Kier alpha value is -17.5. The molecule has 0 aliphatic rings. The molecule has 141 heavy (non-hydrogen) atoms. The third kappa shape index (κ3) is 20.0. The molecule has 20 aromatic carbocycles. The molecule has 3 N–H and O–H groups in total. The van der Waals surface area contributed by atoms with Crippen LogP contribution in [0, 0.1) is 39.4 Å². The van der Waals surface area contributed by atoms with E-state index in [4.69, 9.17) is 24.1 Å². The number of nitrogen functional groups attached to an aromatic ring is 1. The van der Waals surface area contributed by atoms with Crippen molar-refractivity contribution in [3.05, 3.63) is 532 Å². The number of nitriles is 2. The van der Waals surface area contributed by atoms with Crippen LogP contribution in [-0.2, 0) is 0 Å². The summed E-state index contributed by atoms with van der Waals surface area (Å²) in [6.07, 6.45) is 0. The van der Waals surface area contributed by atoms with Gasteiger partial charge in [0, 0.05) is 138 Å². The highest BCUT2D eigenvalue weighted by molar-refractivity contribution is 14.1. The molecule has 0 amide bonds. The number of hydrogen-bond donors (Lipinski definition) is 2. The molecule has 12 nitrogen and oxygen atoms in total. The third-order valence-corrected chi connectivity index (χ3v) is 26.3. The molecule has 4 heterocycles. The zero-order chi connectivity index (χ0) is 94.7.